The lowest BCUT2D eigenvalue weighted by Gasteiger charge is -2.30. The highest BCUT2D eigenvalue weighted by atomic mass is 16.6. The van der Waals surface area contributed by atoms with Crippen molar-refractivity contribution in [1.82, 2.24) is 4.98 Å². The molecule has 6 nitrogen and oxygen atoms in total. The van der Waals surface area contributed by atoms with E-state index in [9.17, 15) is 15.2 Å². The number of pyridine rings is 1. The molecule has 1 aromatic heterocycles. The third-order valence-electron chi connectivity index (χ3n) is 3.87. The topological polar surface area (TPSA) is 88.3 Å². The Morgan fingerprint density at radius 3 is 2.76 bits per heavy atom. The van der Waals surface area contributed by atoms with Crippen LogP contribution in [0.2, 0.25) is 0 Å². The van der Waals surface area contributed by atoms with Crippen molar-refractivity contribution in [3.8, 4) is 0 Å². The Kier molecular flexibility index (Phi) is 4.37. The van der Waals surface area contributed by atoms with Gasteiger partial charge in [-0.15, -0.1) is 0 Å². The number of aliphatic hydroxyl groups excluding tert-OH is 1. The van der Waals surface area contributed by atoms with Crippen molar-refractivity contribution in [2.75, 3.05) is 11.9 Å². The highest BCUT2D eigenvalue weighted by Gasteiger charge is 2.23. The molecule has 0 saturated carbocycles. The molecule has 1 unspecified atom stereocenters. The van der Waals surface area contributed by atoms with Crippen molar-refractivity contribution in [3.05, 3.63) is 40.7 Å². The average molecular weight is 289 g/mol. The van der Waals surface area contributed by atoms with Crippen molar-refractivity contribution < 1.29 is 10.0 Å². The van der Waals surface area contributed by atoms with Crippen molar-refractivity contribution in [2.45, 2.75) is 32.2 Å². The fraction of sp³-hybridized carbons (Fsp3) is 0.400. The summed E-state index contributed by atoms with van der Waals surface area (Å²) in [6.45, 7) is 4.15. The summed E-state index contributed by atoms with van der Waals surface area (Å²) in [4.78, 5) is 14.7. The number of nitrogens with zero attached hydrogens (tertiary/aromatic N) is 2. The molecule has 0 aliphatic heterocycles. The van der Waals surface area contributed by atoms with Crippen LogP contribution in [-0.2, 0) is 0 Å². The first kappa shape index (κ1) is 15.2. The van der Waals surface area contributed by atoms with E-state index in [4.69, 9.17) is 0 Å². The second kappa shape index (κ2) is 6.05. The summed E-state index contributed by atoms with van der Waals surface area (Å²) in [7, 11) is 0. The molecule has 1 atom stereocenters. The van der Waals surface area contributed by atoms with Gasteiger partial charge in [0.05, 0.1) is 10.3 Å². The molecule has 2 aromatic rings. The molecular weight excluding hydrogens is 270 g/mol. The monoisotopic (exact) mass is 289 g/mol. The summed E-state index contributed by atoms with van der Waals surface area (Å²) >= 11 is 0. The van der Waals surface area contributed by atoms with E-state index >= 15 is 0 Å². The predicted octanol–water partition coefficient (Wildman–Crippen LogP) is 3.11. The molecule has 1 heterocycles. The zero-order valence-corrected chi connectivity index (χ0v) is 12.2. The van der Waals surface area contributed by atoms with E-state index in [-0.39, 0.29) is 17.8 Å². The molecule has 0 fully saturated rings. The van der Waals surface area contributed by atoms with E-state index in [2.05, 4.69) is 10.3 Å². The zero-order chi connectivity index (χ0) is 15.5. The van der Waals surface area contributed by atoms with Gasteiger partial charge in [0.2, 0.25) is 0 Å². The molecular formula is C15H19N3O3. The smallest absolute Gasteiger partial charge is 0.278 e. The van der Waals surface area contributed by atoms with Crippen LogP contribution in [-0.4, -0.2) is 27.2 Å². The van der Waals surface area contributed by atoms with E-state index in [1.165, 1.54) is 12.3 Å². The van der Waals surface area contributed by atoms with Gasteiger partial charge in [0.15, 0.2) is 0 Å². The highest BCUT2D eigenvalue weighted by Crippen LogP contribution is 2.33. The third-order valence-corrected chi connectivity index (χ3v) is 3.87. The Bertz CT molecular complexity index is 660. The molecule has 1 aromatic carbocycles. The molecule has 0 aliphatic rings. The standard InChI is InChI=1S/C15H19N3O3/c1-3-15(2,7-9-19)17-13-4-5-14(18(20)21)12-10-16-8-6-11(12)13/h4-6,8,10,17,19H,3,7,9H2,1-2H3. The van der Waals surface area contributed by atoms with Gasteiger partial charge in [-0.25, -0.2) is 0 Å². The Labute approximate surface area is 123 Å². The molecule has 0 aliphatic carbocycles. The Hall–Kier alpha value is -2.21. The predicted molar refractivity (Wildman–Crippen MR) is 82.4 cm³/mol. The number of anilines is 1. The average Bonchev–Trinajstić information content (AvgIpc) is 2.47. The van der Waals surface area contributed by atoms with Crippen LogP contribution in [0.4, 0.5) is 11.4 Å². The molecule has 2 N–H and O–H groups in total. The van der Waals surface area contributed by atoms with Gasteiger partial charge in [0, 0.05) is 41.7 Å². The minimum atomic E-state index is -0.402. The zero-order valence-electron chi connectivity index (χ0n) is 12.2. The molecule has 0 bridgehead atoms. The van der Waals surface area contributed by atoms with Crippen LogP contribution >= 0.6 is 0 Å². The lowest BCUT2D eigenvalue weighted by atomic mass is 9.94. The number of nitro benzene ring substituents is 1. The van der Waals surface area contributed by atoms with Crippen molar-refractivity contribution >= 4 is 22.1 Å². The number of aliphatic hydroxyl groups is 1. The lowest BCUT2D eigenvalue weighted by molar-refractivity contribution is -0.383. The number of rotatable bonds is 6. The summed E-state index contributed by atoms with van der Waals surface area (Å²) in [6.07, 6.45) is 4.56. The Morgan fingerprint density at radius 1 is 1.38 bits per heavy atom. The van der Waals surface area contributed by atoms with Gasteiger partial charge in [0.25, 0.3) is 5.69 Å². The molecule has 6 heteroatoms. The molecule has 21 heavy (non-hydrogen) atoms. The first-order chi connectivity index (χ1) is 10.0. The number of nitrogens with one attached hydrogen (secondary N) is 1. The third kappa shape index (κ3) is 3.11. The molecule has 0 amide bonds. The van der Waals surface area contributed by atoms with Crippen LogP contribution in [0.25, 0.3) is 10.8 Å². The molecule has 0 spiro atoms. The lowest BCUT2D eigenvalue weighted by Crippen LogP contribution is -2.35. The van der Waals surface area contributed by atoms with Gasteiger partial charge in [0.1, 0.15) is 0 Å². The summed E-state index contributed by atoms with van der Waals surface area (Å²) in [6, 6.07) is 4.97. The SMILES string of the molecule is CCC(C)(CCO)Nc1ccc([N+](=O)[O-])c2cnccc12. The van der Waals surface area contributed by atoms with Gasteiger partial charge in [-0.3, -0.25) is 15.1 Å². The van der Waals surface area contributed by atoms with Gasteiger partial charge in [-0.1, -0.05) is 6.92 Å². The molecule has 2 rings (SSSR count). The fourth-order valence-electron chi connectivity index (χ4n) is 2.34. The first-order valence-corrected chi connectivity index (χ1v) is 6.91. The van der Waals surface area contributed by atoms with Gasteiger partial charge < -0.3 is 10.4 Å². The second-order valence-corrected chi connectivity index (χ2v) is 5.32. The molecule has 112 valence electrons. The summed E-state index contributed by atoms with van der Waals surface area (Å²) in [5.41, 5.74) is 0.598. The minimum Gasteiger partial charge on any atom is -0.396 e. The van der Waals surface area contributed by atoms with Crippen molar-refractivity contribution in [2.24, 2.45) is 0 Å². The number of fused-ring (bicyclic) bond motifs is 1. The number of aromatic nitrogens is 1. The number of hydrogen-bond acceptors (Lipinski definition) is 5. The molecule has 0 saturated heterocycles. The van der Waals surface area contributed by atoms with Crippen LogP contribution in [0.15, 0.2) is 30.6 Å². The number of non-ortho nitro benzene ring substituents is 1. The second-order valence-electron chi connectivity index (χ2n) is 5.32. The van der Waals surface area contributed by atoms with Crippen LogP contribution in [0, 0.1) is 10.1 Å². The number of benzene rings is 1. The van der Waals surface area contributed by atoms with E-state index in [0.29, 0.717) is 11.8 Å². The van der Waals surface area contributed by atoms with Crippen molar-refractivity contribution in [3.63, 3.8) is 0 Å². The summed E-state index contributed by atoms with van der Waals surface area (Å²) in [5, 5.41) is 25.0. The van der Waals surface area contributed by atoms with Crippen LogP contribution in [0.1, 0.15) is 26.7 Å². The number of hydrogen-bond donors (Lipinski definition) is 2. The van der Waals surface area contributed by atoms with E-state index < -0.39 is 4.92 Å². The quantitative estimate of drug-likeness (QED) is 0.630. The van der Waals surface area contributed by atoms with Crippen LogP contribution in [0.3, 0.4) is 0 Å². The maximum absolute atomic E-state index is 11.1. The van der Waals surface area contributed by atoms with E-state index in [1.54, 1.807) is 18.3 Å². The highest BCUT2D eigenvalue weighted by molar-refractivity contribution is 5.99. The van der Waals surface area contributed by atoms with E-state index in [0.717, 1.165) is 17.5 Å². The maximum atomic E-state index is 11.1. The fourth-order valence-corrected chi connectivity index (χ4v) is 2.34. The van der Waals surface area contributed by atoms with Gasteiger partial charge in [-0.2, -0.15) is 0 Å². The molecule has 0 radical (unpaired) electrons. The van der Waals surface area contributed by atoms with Gasteiger partial charge >= 0.3 is 0 Å². The van der Waals surface area contributed by atoms with E-state index in [1.807, 2.05) is 13.8 Å². The summed E-state index contributed by atoms with van der Waals surface area (Å²) < 4.78 is 0. The Balaban J connectivity index is 2.51. The van der Waals surface area contributed by atoms with Crippen molar-refractivity contribution in [1.29, 1.82) is 0 Å². The van der Waals surface area contributed by atoms with Crippen LogP contribution < -0.4 is 5.32 Å². The minimum absolute atomic E-state index is 0.0454. The first-order valence-electron chi connectivity index (χ1n) is 6.91. The van der Waals surface area contributed by atoms with Gasteiger partial charge in [-0.05, 0) is 31.9 Å². The maximum Gasteiger partial charge on any atom is 0.278 e. The largest absolute Gasteiger partial charge is 0.396 e. The normalized spacial score (nSPS) is 13.9. The summed E-state index contributed by atoms with van der Waals surface area (Å²) in [5.74, 6) is 0. The number of nitro groups is 1. The van der Waals surface area contributed by atoms with Crippen LogP contribution in [0.5, 0.6) is 0 Å². The Morgan fingerprint density at radius 2 is 2.14 bits per heavy atom.